The van der Waals surface area contributed by atoms with Crippen LogP contribution in [0, 0.1) is 0 Å². The number of rotatable bonds is 6. The molecule has 0 atom stereocenters. The number of ether oxygens (including phenoxy) is 1. The lowest BCUT2D eigenvalue weighted by Gasteiger charge is -2.08. The Kier molecular flexibility index (Phi) is 4.80. The summed E-state index contributed by atoms with van der Waals surface area (Å²) >= 11 is 1.36. The number of imidazole rings is 2. The Bertz CT molecular complexity index is 1040. The summed E-state index contributed by atoms with van der Waals surface area (Å²) < 4.78 is 7.11. The summed E-state index contributed by atoms with van der Waals surface area (Å²) in [5.74, 6) is 1.31. The molecule has 0 aliphatic carbocycles. The van der Waals surface area contributed by atoms with E-state index < -0.39 is 0 Å². The van der Waals surface area contributed by atoms with Crippen LogP contribution in [0.1, 0.15) is 0 Å². The second kappa shape index (κ2) is 7.55. The molecule has 136 valence electrons. The Hall–Kier alpha value is -3.26. The highest BCUT2D eigenvalue weighted by Crippen LogP contribution is 2.22. The Labute approximate surface area is 159 Å². The SMILES string of the molecule is COc1ccc(-n2ccnc2SCC(=O)Nc2nc3ccccc3[nH]2)cc1. The van der Waals surface area contributed by atoms with E-state index >= 15 is 0 Å². The van der Waals surface area contributed by atoms with E-state index in [0.29, 0.717) is 5.95 Å². The van der Waals surface area contributed by atoms with Gasteiger partial charge in [-0.2, -0.15) is 0 Å². The first kappa shape index (κ1) is 17.2. The number of carbonyl (C=O) groups is 1. The quantitative estimate of drug-likeness (QED) is 0.501. The van der Waals surface area contributed by atoms with Crippen molar-refractivity contribution in [3.63, 3.8) is 0 Å². The van der Waals surface area contributed by atoms with Gasteiger partial charge in [0.25, 0.3) is 0 Å². The van der Waals surface area contributed by atoms with Crippen molar-refractivity contribution in [2.24, 2.45) is 0 Å². The molecule has 1 amide bonds. The number of nitrogens with zero attached hydrogens (tertiary/aromatic N) is 3. The smallest absolute Gasteiger partial charge is 0.237 e. The summed E-state index contributed by atoms with van der Waals surface area (Å²) in [5.41, 5.74) is 2.65. The predicted molar refractivity (Wildman–Crippen MR) is 106 cm³/mol. The van der Waals surface area contributed by atoms with Gasteiger partial charge in [-0.05, 0) is 36.4 Å². The van der Waals surface area contributed by atoms with E-state index in [1.54, 1.807) is 13.3 Å². The highest BCUT2D eigenvalue weighted by atomic mass is 32.2. The van der Waals surface area contributed by atoms with E-state index in [-0.39, 0.29) is 11.7 Å². The number of amides is 1. The van der Waals surface area contributed by atoms with Crippen LogP contribution in [0.25, 0.3) is 16.7 Å². The molecule has 2 N–H and O–H groups in total. The molecule has 0 bridgehead atoms. The highest BCUT2D eigenvalue weighted by molar-refractivity contribution is 7.99. The zero-order valence-corrected chi connectivity index (χ0v) is 15.4. The number of fused-ring (bicyclic) bond motifs is 1. The zero-order valence-electron chi connectivity index (χ0n) is 14.5. The molecule has 7 nitrogen and oxygen atoms in total. The summed E-state index contributed by atoms with van der Waals surface area (Å²) in [5, 5.41) is 3.52. The molecule has 0 saturated heterocycles. The van der Waals surface area contributed by atoms with Crippen molar-refractivity contribution in [3.05, 3.63) is 60.9 Å². The lowest BCUT2D eigenvalue weighted by molar-refractivity contribution is -0.113. The Morgan fingerprint density at radius 3 is 2.81 bits per heavy atom. The third kappa shape index (κ3) is 3.80. The number of anilines is 1. The van der Waals surface area contributed by atoms with Crippen LogP contribution in [0.5, 0.6) is 5.75 Å². The fourth-order valence-corrected chi connectivity index (χ4v) is 3.42. The van der Waals surface area contributed by atoms with E-state index in [1.165, 1.54) is 11.8 Å². The van der Waals surface area contributed by atoms with Gasteiger partial charge in [-0.1, -0.05) is 23.9 Å². The standard InChI is InChI=1S/C19H17N5O2S/c1-26-14-8-6-13(7-9-14)24-11-10-20-19(24)27-12-17(25)23-18-21-15-4-2-3-5-16(15)22-18/h2-11H,12H2,1H3,(H2,21,22,23,25). The van der Waals surface area contributed by atoms with E-state index in [4.69, 9.17) is 4.74 Å². The maximum atomic E-state index is 12.3. The van der Waals surface area contributed by atoms with Crippen molar-refractivity contribution >= 4 is 34.7 Å². The fraction of sp³-hybridized carbons (Fsp3) is 0.105. The first-order valence-corrected chi connectivity index (χ1v) is 9.26. The number of nitrogens with one attached hydrogen (secondary N) is 2. The monoisotopic (exact) mass is 379 g/mol. The number of carbonyl (C=O) groups excluding carboxylic acids is 1. The topological polar surface area (TPSA) is 84.8 Å². The molecule has 4 rings (SSSR count). The van der Waals surface area contributed by atoms with Gasteiger partial charge >= 0.3 is 0 Å². The average molecular weight is 379 g/mol. The van der Waals surface area contributed by atoms with Crippen LogP contribution in [0.15, 0.2) is 66.1 Å². The number of hydrogen-bond donors (Lipinski definition) is 2. The molecular formula is C19H17N5O2S. The van der Waals surface area contributed by atoms with Crippen LogP contribution in [-0.2, 0) is 4.79 Å². The van der Waals surface area contributed by atoms with Crippen molar-refractivity contribution in [3.8, 4) is 11.4 Å². The molecular weight excluding hydrogens is 362 g/mol. The third-order valence-electron chi connectivity index (χ3n) is 3.94. The number of hydrogen-bond acceptors (Lipinski definition) is 5. The van der Waals surface area contributed by atoms with Crippen LogP contribution >= 0.6 is 11.8 Å². The average Bonchev–Trinajstić information content (AvgIpc) is 3.32. The lowest BCUT2D eigenvalue weighted by atomic mass is 10.3. The predicted octanol–water partition coefficient (Wildman–Crippen LogP) is 3.49. The van der Waals surface area contributed by atoms with Crippen molar-refractivity contribution in [2.75, 3.05) is 18.2 Å². The van der Waals surface area contributed by atoms with Gasteiger partial charge < -0.3 is 9.72 Å². The van der Waals surface area contributed by atoms with Crippen LogP contribution in [-0.4, -0.2) is 38.3 Å². The fourth-order valence-electron chi connectivity index (χ4n) is 2.65. The highest BCUT2D eigenvalue weighted by Gasteiger charge is 2.11. The number of thioether (sulfide) groups is 1. The third-order valence-corrected chi connectivity index (χ3v) is 4.90. The molecule has 0 saturated carbocycles. The van der Waals surface area contributed by atoms with E-state index in [9.17, 15) is 4.79 Å². The molecule has 0 aliphatic rings. The summed E-state index contributed by atoms with van der Waals surface area (Å²) in [6, 6.07) is 15.3. The van der Waals surface area contributed by atoms with Crippen LogP contribution in [0.4, 0.5) is 5.95 Å². The minimum atomic E-state index is -0.150. The molecule has 0 fully saturated rings. The van der Waals surface area contributed by atoms with Crippen molar-refractivity contribution < 1.29 is 9.53 Å². The largest absolute Gasteiger partial charge is 0.497 e. The van der Waals surface area contributed by atoms with Crippen molar-refractivity contribution in [1.82, 2.24) is 19.5 Å². The van der Waals surface area contributed by atoms with Crippen LogP contribution in [0.2, 0.25) is 0 Å². The second-order valence-electron chi connectivity index (χ2n) is 5.72. The number of methoxy groups -OCH3 is 1. The first-order chi connectivity index (χ1) is 13.2. The Morgan fingerprint density at radius 1 is 1.22 bits per heavy atom. The minimum Gasteiger partial charge on any atom is -0.497 e. The molecule has 4 aromatic rings. The van der Waals surface area contributed by atoms with E-state index in [1.807, 2.05) is 59.3 Å². The summed E-state index contributed by atoms with van der Waals surface area (Å²) in [6.45, 7) is 0. The minimum absolute atomic E-state index is 0.150. The molecule has 2 aromatic carbocycles. The van der Waals surface area contributed by atoms with Gasteiger partial charge in [0, 0.05) is 18.1 Å². The Morgan fingerprint density at radius 2 is 2.04 bits per heavy atom. The second-order valence-corrected chi connectivity index (χ2v) is 6.66. The lowest BCUT2D eigenvalue weighted by Crippen LogP contribution is -2.15. The zero-order chi connectivity index (χ0) is 18.6. The normalized spacial score (nSPS) is 10.9. The first-order valence-electron chi connectivity index (χ1n) is 8.28. The molecule has 0 aliphatic heterocycles. The maximum absolute atomic E-state index is 12.3. The summed E-state index contributed by atoms with van der Waals surface area (Å²) in [6.07, 6.45) is 3.57. The summed E-state index contributed by atoms with van der Waals surface area (Å²) in [4.78, 5) is 24.0. The molecule has 8 heteroatoms. The van der Waals surface area contributed by atoms with Gasteiger partial charge in [-0.15, -0.1) is 0 Å². The molecule has 0 unspecified atom stereocenters. The van der Waals surface area contributed by atoms with Gasteiger partial charge in [-0.3, -0.25) is 14.7 Å². The Balaban J connectivity index is 1.41. The van der Waals surface area contributed by atoms with Gasteiger partial charge in [-0.25, -0.2) is 9.97 Å². The molecule has 0 spiro atoms. The number of aromatic nitrogens is 4. The molecule has 0 radical (unpaired) electrons. The molecule has 2 heterocycles. The van der Waals surface area contributed by atoms with E-state index in [2.05, 4.69) is 20.3 Å². The van der Waals surface area contributed by atoms with Gasteiger partial charge in [0.1, 0.15) is 5.75 Å². The van der Waals surface area contributed by atoms with E-state index in [0.717, 1.165) is 27.6 Å². The molecule has 27 heavy (non-hydrogen) atoms. The van der Waals surface area contributed by atoms with Gasteiger partial charge in [0.15, 0.2) is 5.16 Å². The van der Waals surface area contributed by atoms with Gasteiger partial charge in [0.05, 0.1) is 23.9 Å². The van der Waals surface area contributed by atoms with Crippen molar-refractivity contribution in [2.45, 2.75) is 5.16 Å². The van der Waals surface area contributed by atoms with Crippen LogP contribution in [0.3, 0.4) is 0 Å². The van der Waals surface area contributed by atoms with Gasteiger partial charge in [0.2, 0.25) is 11.9 Å². The van der Waals surface area contributed by atoms with Crippen molar-refractivity contribution in [1.29, 1.82) is 0 Å². The number of benzene rings is 2. The number of aromatic amines is 1. The molecule has 2 aromatic heterocycles. The number of H-pyrrole nitrogens is 1. The maximum Gasteiger partial charge on any atom is 0.237 e. The number of para-hydroxylation sites is 2. The van der Waals surface area contributed by atoms with Crippen LogP contribution < -0.4 is 10.1 Å². The summed E-state index contributed by atoms with van der Waals surface area (Å²) in [7, 11) is 1.63.